The van der Waals surface area contributed by atoms with Gasteiger partial charge >= 0.3 is 5.97 Å². The van der Waals surface area contributed by atoms with Crippen LogP contribution in [0.25, 0.3) is 10.8 Å². The lowest BCUT2D eigenvalue weighted by atomic mass is 10.0. The van der Waals surface area contributed by atoms with E-state index in [1.54, 1.807) is 18.2 Å². The number of rotatable bonds is 2. The Hall–Kier alpha value is -1.39. The second-order valence-electron chi connectivity index (χ2n) is 3.42. The van der Waals surface area contributed by atoms with Gasteiger partial charge in [-0.15, -0.1) is 0 Å². The second-order valence-corrected chi connectivity index (χ2v) is 4.28. The molecule has 2 aromatic carbocycles. The van der Waals surface area contributed by atoms with Crippen molar-refractivity contribution in [2.24, 2.45) is 0 Å². The molecule has 0 bridgehead atoms. The number of aliphatic hydroxyl groups excluding tert-OH is 1. The maximum absolute atomic E-state index is 10.8. The molecule has 0 aliphatic rings. The molecule has 3 nitrogen and oxygen atoms in total. The van der Waals surface area contributed by atoms with Crippen molar-refractivity contribution in [1.29, 1.82) is 0 Å². The van der Waals surface area contributed by atoms with Gasteiger partial charge in [-0.25, -0.2) is 4.79 Å². The molecular weight excluding hydrogens is 272 g/mol. The lowest BCUT2D eigenvalue weighted by Crippen LogP contribution is -2.10. The summed E-state index contributed by atoms with van der Waals surface area (Å²) in [6.07, 6.45) is -1.49. The predicted octanol–water partition coefficient (Wildman–Crippen LogP) is 2.72. The highest BCUT2D eigenvalue weighted by molar-refractivity contribution is 9.10. The highest BCUT2D eigenvalue weighted by Gasteiger charge is 2.18. The summed E-state index contributed by atoms with van der Waals surface area (Å²) in [6, 6.07) is 10.7. The SMILES string of the molecule is O=C(O)C(O)c1ccc(Br)c2ccccc12. The monoisotopic (exact) mass is 280 g/mol. The van der Waals surface area contributed by atoms with Crippen molar-refractivity contribution in [3.05, 3.63) is 46.4 Å². The number of aliphatic carboxylic acids is 1. The van der Waals surface area contributed by atoms with Gasteiger partial charge in [0, 0.05) is 4.47 Å². The van der Waals surface area contributed by atoms with Gasteiger partial charge in [-0.05, 0) is 22.4 Å². The Bertz CT molecular complexity index is 551. The number of halogens is 1. The summed E-state index contributed by atoms with van der Waals surface area (Å²) in [6.45, 7) is 0. The normalized spacial score (nSPS) is 12.6. The molecule has 4 heteroatoms. The Labute approximate surface area is 100 Å². The molecule has 2 rings (SSSR count). The maximum atomic E-state index is 10.8. The van der Waals surface area contributed by atoms with Crippen LogP contribution in [0.1, 0.15) is 11.7 Å². The van der Waals surface area contributed by atoms with Crippen molar-refractivity contribution >= 4 is 32.7 Å². The van der Waals surface area contributed by atoms with Gasteiger partial charge in [-0.3, -0.25) is 0 Å². The number of carboxylic acids is 1. The van der Waals surface area contributed by atoms with E-state index >= 15 is 0 Å². The zero-order chi connectivity index (χ0) is 11.7. The minimum atomic E-state index is -1.49. The van der Waals surface area contributed by atoms with Crippen molar-refractivity contribution < 1.29 is 15.0 Å². The fourth-order valence-electron chi connectivity index (χ4n) is 1.66. The third kappa shape index (κ3) is 1.81. The van der Waals surface area contributed by atoms with E-state index < -0.39 is 12.1 Å². The summed E-state index contributed by atoms with van der Waals surface area (Å²) in [5.41, 5.74) is 0.409. The molecule has 0 aromatic heterocycles. The van der Waals surface area contributed by atoms with E-state index in [0.29, 0.717) is 5.56 Å². The largest absolute Gasteiger partial charge is 0.479 e. The van der Waals surface area contributed by atoms with Crippen LogP contribution in [0.15, 0.2) is 40.9 Å². The number of carbonyl (C=O) groups is 1. The molecule has 0 saturated carbocycles. The molecule has 1 unspecified atom stereocenters. The van der Waals surface area contributed by atoms with Crippen molar-refractivity contribution in [2.75, 3.05) is 0 Å². The molecule has 0 heterocycles. The van der Waals surface area contributed by atoms with Crippen LogP contribution in [0, 0.1) is 0 Å². The lowest BCUT2D eigenvalue weighted by molar-refractivity contribution is -0.146. The standard InChI is InChI=1S/C12H9BrO3/c13-10-6-5-9(11(14)12(15)16)7-3-1-2-4-8(7)10/h1-6,11,14H,(H,15,16). The van der Waals surface area contributed by atoms with Crippen LogP contribution in [-0.4, -0.2) is 16.2 Å². The van der Waals surface area contributed by atoms with Crippen LogP contribution in [0.2, 0.25) is 0 Å². The van der Waals surface area contributed by atoms with Gasteiger partial charge in [-0.2, -0.15) is 0 Å². The first-order chi connectivity index (χ1) is 7.61. The van der Waals surface area contributed by atoms with Crippen molar-refractivity contribution in [3.63, 3.8) is 0 Å². The zero-order valence-corrected chi connectivity index (χ0v) is 9.81. The van der Waals surface area contributed by atoms with E-state index in [4.69, 9.17) is 5.11 Å². The highest BCUT2D eigenvalue weighted by Crippen LogP contribution is 2.30. The molecule has 0 amide bonds. The van der Waals surface area contributed by atoms with Crippen LogP contribution in [0.3, 0.4) is 0 Å². The first-order valence-electron chi connectivity index (χ1n) is 4.69. The van der Waals surface area contributed by atoms with Crippen molar-refractivity contribution in [3.8, 4) is 0 Å². The van der Waals surface area contributed by atoms with E-state index in [0.717, 1.165) is 15.2 Å². The average Bonchev–Trinajstić information content (AvgIpc) is 2.29. The molecule has 2 N–H and O–H groups in total. The molecule has 0 aliphatic heterocycles. The van der Waals surface area contributed by atoms with Crippen LogP contribution in [0.4, 0.5) is 0 Å². The molecule has 0 fully saturated rings. The first-order valence-corrected chi connectivity index (χ1v) is 5.48. The second kappa shape index (κ2) is 4.23. The van der Waals surface area contributed by atoms with E-state index in [1.165, 1.54) is 0 Å². The molecule has 0 aliphatic carbocycles. The van der Waals surface area contributed by atoms with E-state index in [-0.39, 0.29) is 0 Å². The number of hydrogen-bond acceptors (Lipinski definition) is 2. The van der Waals surface area contributed by atoms with Crippen LogP contribution in [0.5, 0.6) is 0 Å². The van der Waals surface area contributed by atoms with Crippen LogP contribution >= 0.6 is 15.9 Å². The molecule has 2 aromatic rings. The number of carboxylic acid groups (broad SMARTS) is 1. The van der Waals surface area contributed by atoms with E-state index in [2.05, 4.69) is 15.9 Å². The van der Waals surface area contributed by atoms with Gasteiger partial charge in [0.1, 0.15) is 0 Å². The van der Waals surface area contributed by atoms with Gasteiger partial charge in [-0.1, -0.05) is 46.3 Å². The first kappa shape index (κ1) is 11.1. The topological polar surface area (TPSA) is 57.5 Å². The fourth-order valence-corrected chi connectivity index (χ4v) is 2.13. The summed E-state index contributed by atoms with van der Waals surface area (Å²) in [5, 5.41) is 20.0. The average molecular weight is 281 g/mol. The van der Waals surface area contributed by atoms with Crippen molar-refractivity contribution in [2.45, 2.75) is 6.10 Å². The van der Waals surface area contributed by atoms with Crippen LogP contribution in [-0.2, 0) is 4.79 Å². The Morgan fingerprint density at radius 3 is 2.38 bits per heavy atom. The summed E-state index contributed by atoms with van der Waals surface area (Å²) in [4.78, 5) is 10.8. The predicted molar refractivity (Wildman–Crippen MR) is 64.2 cm³/mol. The highest BCUT2D eigenvalue weighted by atomic mass is 79.9. The third-order valence-electron chi connectivity index (χ3n) is 2.43. The Balaban J connectivity index is 2.72. The van der Waals surface area contributed by atoms with Gasteiger partial charge in [0.25, 0.3) is 0 Å². The molecule has 0 radical (unpaired) electrons. The zero-order valence-electron chi connectivity index (χ0n) is 8.22. The number of hydrogen-bond donors (Lipinski definition) is 2. The van der Waals surface area contributed by atoms with Gasteiger partial charge in [0.15, 0.2) is 6.10 Å². The lowest BCUT2D eigenvalue weighted by Gasteiger charge is -2.10. The Kier molecular flexibility index (Phi) is 2.94. The Morgan fingerprint density at radius 2 is 1.75 bits per heavy atom. The smallest absolute Gasteiger partial charge is 0.337 e. The van der Waals surface area contributed by atoms with Crippen LogP contribution < -0.4 is 0 Å². The minimum Gasteiger partial charge on any atom is -0.479 e. The molecule has 82 valence electrons. The van der Waals surface area contributed by atoms with Gasteiger partial charge in [0.05, 0.1) is 0 Å². The minimum absolute atomic E-state index is 0.409. The van der Waals surface area contributed by atoms with E-state index in [1.807, 2.05) is 18.2 Å². The third-order valence-corrected chi connectivity index (χ3v) is 3.12. The Morgan fingerprint density at radius 1 is 1.12 bits per heavy atom. The number of fused-ring (bicyclic) bond motifs is 1. The molecule has 0 saturated heterocycles. The summed E-state index contributed by atoms with van der Waals surface area (Å²) >= 11 is 3.39. The molecule has 1 atom stereocenters. The van der Waals surface area contributed by atoms with E-state index in [9.17, 15) is 9.90 Å². The maximum Gasteiger partial charge on any atom is 0.337 e. The summed E-state index contributed by atoms with van der Waals surface area (Å²) in [7, 11) is 0. The molecular formula is C12H9BrO3. The number of aliphatic hydroxyl groups is 1. The quantitative estimate of drug-likeness (QED) is 0.889. The molecule has 0 spiro atoms. The fraction of sp³-hybridized carbons (Fsp3) is 0.0833. The number of benzene rings is 2. The van der Waals surface area contributed by atoms with Crippen molar-refractivity contribution in [1.82, 2.24) is 0 Å². The summed E-state index contributed by atoms with van der Waals surface area (Å²) < 4.78 is 0.879. The molecule has 16 heavy (non-hydrogen) atoms. The van der Waals surface area contributed by atoms with Gasteiger partial charge in [0.2, 0.25) is 0 Å². The summed E-state index contributed by atoms with van der Waals surface area (Å²) in [5.74, 6) is -1.24. The van der Waals surface area contributed by atoms with Gasteiger partial charge < -0.3 is 10.2 Å².